The van der Waals surface area contributed by atoms with Crippen LogP contribution < -0.4 is 4.90 Å². The SMILES string of the molecule is CC(O)c1ccc(N2CCN(C)CC2C)cn1. The molecule has 4 heteroatoms. The Morgan fingerprint density at radius 1 is 1.41 bits per heavy atom. The number of rotatable bonds is 2. The summed E-state index contributed by atoms with van der Waals surface area (Å²) in [6, 6.07) is 4.47. The quantitative estimate of drug-likeness (QED) is 0.838. The van der Waals surface area contributed by atoms with Crippen LogP contribution in [0.25, 0.3) is 0 Å². The molecular weight excluding hydrogens is 214 g/mol. The fraction of sp³-hybridized carbons (Fsp3) is 0.615. The number of aliphatic hydroxyl groups is 1. The van der Waals surface area contributed by atoms with Crippen LogP contribution in [0.1, 0.15) is 25.6 Å². The second-order valence-electron chi connectivity index (χ2n) is 4.92. The summed E-state index contributed by atoms with van der Waals surface area (Å²) < 4.78 is 0. The van der Waals surface area contributed by atoms with E-state index in [0.717, 1.165) is 31.0 Å². The number of piperazine rings is 1. The molecular formula is C13H21N3O. The average Bonchev–Trinajstić information content (AvgIpc) is 2.29. The third kappa shape index (κ3) is 2.76. The summed E-state index contributed by atoms with van der Waals surface area (Å²) in [5, 5.41) is 9.43. The smallest absolute Gasteiger partial charge is 0.0931 e. The Kier molecular flexibility index (Phi) is 3.64. The van der Waals surface area contributed by atoms with Crippen LogP contribution >= 0.6 is 0 Å². The Morgan fingerprint density at radius 2 is 2.18 bits per heavy atom. The molecule has 1 aromatic rings. The number of aromatic nitrogens is 1. The van der Waals surface area contributed by atoms with Gasteiger partial charge in [0.15, 0.2) is 0 Å². The van der Waals surface area contributed by atoms with Crippen LogP contribution in [0.15, 0.2) is 18.3 Å². The lowest BCUT2D eigenvalue weighted by molar-refractivity contribution is 0.194. The van der Waals surface area contributed by atoms with E-state index >= 15 is 0 Å². The van der Waals surface area contributed by atoms with Gasteiger partial charge in [-0.25, -0.2) is 0 Å². The minimum atomic E-state index is -0.492. The van der Waals surface area contributed by atoms with Gasteiger partial charge in [0, 0.05) is 25.7 Å². The molecule has 0 radical (unpaired) electrons. The van der Waals surface area contributed by atoms with E-state index in [2.05, 4.69) is 34.8 Å². The van der Waals surface area contributed by atoms with Gasteiger partial charge in [0.25, 0.3) is 0 Å². The van der Waals surface area contributed by atoms with Gasteiger partial charge in [-0.2, -0.15) is 0 Å². The zero-order valence-corrected chi connectivity index (χ0v) is 10.8. The first-order chi connectivity index (χ1) is 8.08. The monoisotopic (exact) mass is 235 g/mol. The molecule has 0 aliphatic carbocycles. The number of nitrogens with zero attached hydrogens (tertiary/aromatic N) is 3. The zero-order chi connectivity index (χ0) is 12.4. The molecule has 0 bridgehead atoms. The summed E-state index contributed by atoms with van der Waals surface area (Å²) in [5.74, 6) is 0. The van der Waals surface area contributed by atoms with Crippen molar-refractivity contribution < 1.29 is 5.11 Å². The van der Waals surface area contributed by atoms with Crippen LogP contribution in [0.3, 0.4) is 0 Å². The minimum Gasteiger partial charge on any atom is -0.387 e. The van der Waals surface area contributed by atoms with E-state index in [1.165, 1.54) is 0 Å². The molecule has 1 N–H and O–H groups in total. The van der Waals surface area contributed by atoms with Crippen LogP contribution in [0.4, 0.5) is 5.69 Å². The average molecular weight is 235 g/mol. The molecule has 4 nitrogen and oxygen atoms in total. The van der Waals surface area contributed by atoms with Gasteiger partial charge in [-0.05, 0) is 33.0 Å². The number of hydrogen-bond donors (Lipinski definition) is 1. The van der Waals surface area contributed by atoms with Crippen molar-refractivity contribution in [1.82, 2.24) is 9.88 Å². The summed E-state index contributed by atoms with van der Waals surface area (Å²) in [6.45, 7) is 7.17. The maximum atomic E-state index is 9.43. The molecule has 0 amide bonds. The lowest BCUT2D eigenvalue weighted by Crippen LogP contribution is -2.50. The molecule has 0 spiro atoms. The van der Waals surface area contributed by atoms with Crippen LogP contribution in [-0.4, -0.2) is 47.7 Å². The number of aliphatic hydroxyl groups excluding tert-OH is 1. The van der Waals surface area contributed by atoms with Crippen molar-refractivity contribution in [2.24, 2.45) is 0 Å². The van der Waals surface area contributed by atoms with Gasteiger partial charge in [-0.15, -0.1) is 0 Å². The van der Waals surface area contributed by atoms with Crippen molar-refractivity contribution in [3.63, 3.8) is 0 Å². The van der Waals surface area contributed by atoms with Crippen LogP contribution in [0.5, 0.6) is 0 Å². The molecule has 94 valence electrons. The minimum absolute atomic E-state index is 0.492. The summed E-state index contributed by atoms with van der Waals surface area (Å²) in [5.41, 5.74) is 1.88. The van der Waals surface area contributed by atoms with Gasteiger partial charge in [0.05, 0.1) is 23.7 Å². The van der Waals surface area contributed by atoms with Gasteiger partial charge in [-0.3, -0.25) is 4.98 Å². The number of anilines is 1. The highest BCUT2D eigenvalue weighted by Gasteiger charge is 2.21. The summed E-state index contributed by atoms with van der Waals surface area (Å²) in [7, 11) is 2.16. The lowest BCUT2D eigenvalue weighted by atomic mass is 10.1. The van der Waals surface area contributed by atoms with Crippen LogP contribution in [0, 0.1) is 0 Å². The van der Waals surface area contributed by atoms with E-state index in [4.69, 9.17) is 0 Å². The first-order valence-corrected chi connectivity index (χ1v) is 6.17. The maximum absolute atomic E-state index is 9.43. The second-order valence-corrected chi connectivity index (χ2v) is 4.92. The van der Waals surface area contributed by atoms with E-state index in [9.17, 15) is 5.11 Å². The largest absolute Gasteiger partial charge is 0.387 e. The zero-order valence-electron chi connectivity index (χ0n) is 10.8. The highest BCUT2D eigenvalue weighted by Crippen LogP contribution is 2.20. The van der Waals surface area contributed by atoms with E-state index in [-0.39, 0.29) is 0 Å². The number of pyridine rings is 1. The number of likely N-dealkylation sites (N-methyl/N-ethyl adjacent to an activating group) is 1. The molecule has 2 atom stereocenters. The third-order valence-corrected chi connectivity index (χ3v) is 3.36. The predicted molar refractivity (Wildman–Crippen MR) is 69.2 cm³/mol. The molecule has 17 heavy (non-hydrogen) atoms. The molecule has 1 aliphatic rings. The standard InChI is InChI=1S/C13H21N3O/c1-10-9-15(3)6-7-16(10)12-4-5-13(11(2)17)14-8-12/h4-5,8,10-11,17H,6-7,9H2,1-3H3. The van der Waals surface area contributed by atoms with Crippen molar-refractivity contribution >= 4 is 5.69 Å². The Bertz CT molecular complexity index is 363. The molecule has 2 unspecified atom stereocenters. The highest BCUT2D eigenvalue weighted by atomic mass is 16.3. The molecule has 2 rings (SSSR count). The molecule has 1 aliphatic heterocycles. The predicted octanol–water partition coefficient (Wildman–Crippen LogP) is 1.28. The van der Waals surface area contributed by atoms with Crippen molar-refractivity contribution in [2.45, 2.75) is 26.0 Å². The van der Waals surface area contributed by atoms with Crippen molar-refractivity contribution in [3.05, 3.63) is 24.0 Å². The Labute approximate surface area is 103 Å². The van der Waals surface area contributed by atoms with E-state index in [1.54, 1.807) is 6.92 Å². The molecule has 0 aromatic carbocycles. The van der Waals surface area contributed by atoms with E-state index in [1.807, 2.05) is 12.3 Å². The lowest BCUT2D eigenvalue weighted by Gasteiger charge is -2.39. The van der Waals surface area contributed by atoms with Crippen LogP contribution in [-0.2, 0) is 0 Å². The van der Waals surface area contributed by atoms with E-state index < -0.39 is 6.10 Å². The second kappa shape index (κ2) is 5.02. The summed E-state index contributed by atoms with van der Waals surface area (Å²) in [6.07, 6.45) is 1.37. The van der Waals surface area contributed by atoms with E-state index in [0.29, 0.717) is 6.04 Å². The highest BCUT2D eigenvalue weighted by molar-refractivity contribution is 5.46. The third-order valence-electron chi connectivity index (χ3n) is 3.36. The number of hydrogen-bond acceptors (Lipinski definition) is 4. The van der Waals surface area contributed by atoms with Gasteiger partial charge in [0.2, 0.25) is 0 Å². The molecule has 1 aromatic heterocycles. The van der Waals surface area contributed by atoms with Gasteiger partial charge in [0.1, 0.15) is 0 Å². The summed E-state index contributed by atoms with van der Waals surface area (Å²) >= 11 is 0. The molecule has 0 saturated carbocycles. The maximum Gasteiger partial charge on any atom is 0.0931 e. The Morgan fingerprint density at radius 3 is 2.71 bits per heavy atom. The fourth-order valence-electron chi connectivity index (χ4n) is 2.34. The van der Waals surface area contributed by atoms with Gasteiger partial charge >= 0.3 is 0 Å². The first kappa shape index (κ1) is 12.3. The van der Waals surface area contributed by atoms with Crippen molar-refractivity contribution in [2.75, 3.05) is 31.6 Å². The Hall–Kier alpha value is -1.13. The van der Waals surface area contributed by atoms with Gasteiger partial charge < -0.3 is 14.9 Å². The van der Waals surface area contributed by atoms with Crippen molar-refractivity contribution in [1.29, 1.82) is 0 Å². The van der Waals surface area contributed by atoms with Crippen molar-refractivity contribution in [3.8, 4) is 0 Å². The molecule has 1 fully saturated rings. The normalized spacial score (nSPS) is 23.8. The van der Waals surface area contributed by atoms with Crippen LogP contribution in [0.2, 0.25) is 0 Å². The van der Waals surface area contributed by atoms with Gasteiger partial charge in [-0.1, -0.05) is 0 Å². The topological polar surface area (TPSA) is 39.6 Å². The Balaban J connectivity index is 2.11. The molecule has 2 heterocycles. The summed E-state index contributed by atoms with van der Waals surface area (Å²) in [4.78, 5) is 9.02. The fourth-order valence-corrected chi connectivity index (χ4v) is 2.34. The first-order valence-electron chi connectivity index (χ1n) is 6.17. The molecule has 1 saturated heterocycles.